The first-order chi connectivity index (χ1) is 20.0. The molecule has 1 saturated heterocycles. The van der Waals surface area contributed by atoms with Crippen LogP contribution in [-0.2, 0) is 11.2 Å². The van der Waals surface area contributed by atoms with Gasteiger partial charge in [0.1, 0.15) is 0 Å². The fraction of sp³-hybridized carbons (Fsp3) is 0.156. The van der Waals surface area contributed by atoms with E-state index >= 15 is 0 Å². The second-order valence-electron chi connectivity index (χ2n) is 9.82. The molecule has 0 aliphatic carbocycles. The van der Waals surface area contributed by atoms with Crippen molar-refractivity contribution in [3.05, 3.63) is 113 Å². The molecule has 3 aromatic carbocycles. The van der Waals surface area contributed by atoms with Gasteiger partial charge in [-0.1, -0.05) is 58.4 Å². The van der Waals surface area contributed by atoms with Gasteiger partial charge in [-0.3, -0.25) is 9.59 Å². The van der Waals surface area contributed by atoms with E-state index in [1.54, 1.807) is 18.5 Å². The van der Waals surface area contributed by atoms with Gasteiger partial charge < -0.3 is 15.1 Å². The molecular formula is C32H27BrN6O2. The predicted octanol–water partition coefficient (Wildman–Crippen LogP) is 5.60. The highest BCUT2D eigenvalue weighted by Crippen LogP contribution is 2.27. The summed E-state index contributed by atoms with van der Waals surface area (Å²) in [5, 5.41) is 3.80. The van der Waals surface area contributed by atoms with Gasteiger partial charge in [0.2, 0.25) is 11.9 Å². The van der Waals surface area contributed by atoms with Crippen molar-refractivity contribution in [2.75, 3.05) is 36.4 Å². The van der Waals surface area contributed by atoms with Crippen molar-refractivity contribution in [2.45, 2.75) is 6.42 Å². The number of amides is 2. The van der Waals surface area contributed by atoms with Crippen molar-refractivity contribution >= 4 is 50.3 Å². The van der Waals surface area contributed by atoms with Crippen LogP contribution in [0.5, 0.6) is 0 Å². The van der Waals surface area contributed by atoms with E-state index in [0.717, 1.165) is 32.2 Å². The summed E-state index contributed by atoms with van der Waals surface area (Å²) in [5.74, 6) is 0.562. The molecular weight excluding hydrogens is 580 g/mol. The first kappa shape index (κ1) is 26.6. The van der Waals surface area contributed by atoms with Crippen LogP contribution in [0, 0.1) is 0 Å². The Morgan fingerprint density at radius 3 is 2.27 bits per heavy atom. The lowest BCUT2D eigenvalue weighted by Crippen LogP contribution is -2.49. The van der Waals surface area contributed by atoms with Crippen molar-refractivity contribution in [1.82, 2.24) is 19.9 Å². The molecule has 1 fully saturated rings. The Balaban J connectivity index is 1.11. The molecule has 9 heteroatoms. The Kier molecular flexibility index (Phi) is 7.69. The Morgan fingerprint density at radius 1 is 0.829 bits per heavy atom. The van der Waals surface area contributed by atoms with Gasteiger partial charge >= 0.3 is 0 Å². The zero-order chi connectivity index (χ0) is 28.2. The van der Waals surface area contributed by atoms with Crippen molar-refractivity contribution < 1.29 is 9.59 Å². The van der Waals surface area contributed by atoms with E-state index in [2.05, 4.69) is 36.1 Å². The maximum Gasteiger partial charge on any atom is 0.256 e. The van der Waals surface area contributed by atoms with Gasteiger partial charge in [0.15, 0.2) is 0 Å². The highest BCUT2D eigenvalue weighted by Gasteiger charge is 2.22. The average molecular weight is 608 g/mol. The van der Waals surface area contributed by atoms with Crippen LogP contribution in [0.1, 0.15) is 15.9 Å². The molecule has 0 unspecified atom stereocenters. The third-order valence-corrected chi connectivity index (χ3v) is 7.66. The molecule has 3 heterocycles. The first-order valence-corrected chi connectivity index (χ1v) is 14.2. The summed E-state index contributed by atoms with van der Waals surface area (Å²) in [4.78, 5) is 43.7. The smallest absolute Gasteiger partial charge is 0.256 e. The Bertz CT molecular complexity index is 1690. The summed E-state index contributed by atoms with van der Waals surface area (Å²) in [6.07, 6.45) is 3.76. The van der Waals surface area contributed by atoms with Crippen LogP contribution in [-0.4, -0.2) is 57.8 Å². The fourth-order valence-electron chi connectivity index (χ4n) is 4.93. The number of rotatable bonds is 6. The summed E-state index contributed by atoms with van der Waals surface area (Å²) in [6.45, 7) is 2.67. The SMILES string of the molecule is O=C(Nc1ccc(CC(=O)N2CCN(c3ncccn3)CC2)cc1)c1cc(-c2ccc(Br)cc2)nc2ccccc12. The first-order valence-electron chi connectivity index (χ1n) is 13.4. The number of benzene rings is 3. The van der Waals surface area contributed by atoms with Crippen molar-refractivity contribution in [3.63, 3.8) is 0 Å². The number of hydrogen-bond donors (Lipinski definition) is 1. The average Bonchev–Trinajstić information content (AvgIpc) is 3.02. The lowest BCUT2D eigenvalue weighted by Gasteiger charge is -2.34. The van der Waals surface area contributed by atoms with E-state index in [1.165, 1.54) is 0 Å². The summed E-state index contributed by atoms with van der Waals surface area (Å²) < 4.78 is 0.978. The Labute approximate surface area is 246 Å². The predicted molar refractivity (Wildman–Crippen MR) is 164 cm³/mol. The number of carbonyl (C=O) groups is 2. The number of pyridine rings is 1. The van der Waals surface area contributed by atoms with Crippen LogP contribution in [0.4, 0.5) is 11.6 Å². The Morgan fingerprint density at radius 2 is 1.54 bits per heavy atom. The van der Waals surface area contributed by atoms with Gasteiger partial charge in [0, 0.05) is 59.7 Å². The molecule has 0 atom stereocenters. The molecule has 204 valence electrons. The van der Waals surface area contributed by atoms with Gasteiger partial charge in [-0.2, -0.15) is 0 Å². The minimum atomic E-state index is -0.217. The van der Waals surface area contributed by atoms with Crippen molar-refractivity contribution in [2.24, 2.45) is 0 Å². The van der Waals surface area contributed by atoms with Crippen molar-refractivity contribution in [3.8, 4) is 11.3 Å². The van der Waals surface area contributed by atoms with E-state index in [0.29, 0.717) is 49.8 Å². The maximum absolute atomic E-state index is 13.4. The number of para-hydroxylation sites is 1. The molecule has 0 spiro atoms. The number of nitrogens with one attached hydrogen (secondary N) is 1. The number of anilines is 2. The monoisotopic (exact) mass is 606 g/mol. The largest absolute Gasteiger partial charge is 0.339 e. The van der Waals surface area contributed by atoms with E-state index in [4.69, 9.17) is 4.98 Å². The lowest BCUT2D eigenvalue weighted by molar-refractivity contribution is -0.130. The molecule has 1 aliphatic rings. The minimum absolute atomic E-state index is 0.0825. The fourth-order valence-corrected chi connectivity index (χ4v) is 5.20. The molecule has 1 N–H and O–H groups in total. The topological polar surface area (TPSA) is 91.3 Å². The van der Waals surface area contributed by atoms with Crippen LogP contribution < -0.4 is 10.2 Å². The number of carbonyl (C=O) groups excluding carboxylic acids is 2. The summed E-state index contributed by atoms with van der Waals surface area (Å²) in [7, 11) is 0. The number of fused-ring (bicyclic) bond motifs is 1. The number of nitrogens with zero attached hydrogens (tertiary/aromatic N) is 5. The molecule has 0 radical (unpaired) electrons. The van der Waals surface area contributed by atoms with E-state index < -0.39 is 0 Å². The van der Waals surface area contributed by atoms with Gasteiger partial charge in [-0.05, 0) is 48.0 Å². The minimum Gasteiger partial charge on any atom is -0.339 e. The molecule has 5 aromatic rings. The van der Waals surface area contributed by atoms with Crippen LogP contribution in [0.15, 0.2) is 102 Å². The zero-order valence-corrected chi connectivity index (χ0v) is 23.8. The Hall–Kier alpha value is -4.63. The highest BCUT2D eigenvalue weighted by molar-refractivity contribution is 9.10. The quantitative estimate of drug-likeness (QED) is 0.271. The number of halogens is 1. The summed E-state index contributed by atoms with van der Waals surface area (Å²) in [6, 6.07) is 26.6. The molecule has 41 heavy (non-hydrogen) atoms. The van der Waals surface area contributed by atoms with Gasteiger partial charge in [-0.25, -0.2) is 15.0 Å². The number of piperazine rings is 1. The van der Waals surface area contributed by atoms with Gasteiger partial charge in [-0.15, -0.1) is 0 Å². The highest BCUT2D eigenvalue weighted by atomic mass is 79.9. The number of hydrogen-bond acceptors (Lipinski definition) is 6. The third-order valence-electron chi connectivity index (χ3n) is 7.14. The number of aromatic nitrogens is 3. The second kappa shape index (κ2) is 11.9. The lowest BCUT2D eigenvalue weighted by atomic mass is 10.0. The van der Waals surface area contributed by atoms with Crippen molar-refractivity contribution in [1.29, 1.82) is 0 Å². The van der Waals surface area contributed by atoms with Gasteiger partial charge in [0.05, 0.1) is 23.2 Å². The molecule has 0 bridgehead atoms. The van der Waals surface area contributed by atoms with Crippen LogP contribution >= 0.6 is 15.9 Å². The van der Waals surface area contributed by atoms with E-state index in [1.807, 2.05) is 83.8 Å². The van der Waals surface area contributed by atoms with Crippen LogP contribution in [0.2, 0.25) is 0 Å². The second-order valence-corrected chi connectivity index (χ2v) is 10.7. The molecule has 1 aliphatic heterocycles. The van der Waals surface area contributed by atoms with Crippen LogP contribution in [0.3, 0.4) is 0 Å². The van der Waals surface area contributed by atoms with Crippen LogP contribution in [0.25, 0.3) is 22.2 Å². The standard InChI is InChI=1S/C32H27BrN6O2/c33-24-10-8-23(9-11-24)29-21-27(26-4-1-2-5-28(26)37-29)31(41)36-25-12-6-22(7-13-25)20-30(40)38-16-18-39(19-17-38)32-34-14-3-15-35-32/h1-15,21H,16-20H2,(H,36,41). The molecule has 2 amide bonds. The van der Waals surface area contributed by atoms with E-state index in [9.17, 15) is 9.59 Å². The third kappa shape index (κ3) is 6.10. The maximum atomic E-state index is 13.4. The molecule has 8 nitrogen and oxygen atoms in total. The molecule has 2 aromatic heterocycles. The zero-order valence-electron chi connectivity index (χ0n) is 22.2. The summed E-state index contributed by atoms with van der Waals surface area (Å²) >= 11 is 3.47. The van der Waals surface area contributed by atoms with E-state index in [-0.39, 0.29) is 11.8 Å². The normalized spacial score (nSPS) is 13.3. The molecule has 6 rings (SSSR count). The summed E-state index contributed by atoms with van der Waals surface area (Å²) in [5.41, 5.74) is 4.52. The molecule has 0 saturated carbocycles. The van der Waals surface area contributed by atoms with Gasteiger partial charge in [0.25, 0.3) is 5.91 Å².